The van der Waals surface area contributed by atoms with E-state index in [1.54, 1.807) is 6.07 Å². The molecule has 29 heavy (non-hydrogen) atoms. The van der Waals surface area contributed by atoms with Crippen LogP contribution in [0.15, 0.2) is 66.7 Å². The second kappa shape index (κ2) is 7.94. The predicted molar refractivity (Wildman–Crippen MR) is 121 cm³/mol. The van der Waals surface area contributed by atoms with Gasteiger partial charge in [0.05, 0.1) is 5.56 Å². The van der Waals surface area contributed by atoms with Crippen LogP contribution in [-0.4, -0.2) is 10.5 Å². The molecule has 146 valence electrons. The molecule has 1 aromatic heterocycles. The fraction of sp³-hybridized carbons (Fsp3) is 0.125. The Hall–Kier alpha value is -2.75. The van der Waals surface area contributed by atoms with Crippen molar-refractivity contribution >= 4 is 39.9 Å². The number of benzene rings is 3. The minimum atomic E-state index is -0.423. The maximum Gasteiger partial charge on any atom is 0.250 e. The van der Waals surface area contributed by atoms with Gasteiger partial charge in [-0.05, 0) is 59.5 Å². The Morgan fingerprint density at radius 3 is 2.45 bits per heavy atom. The van der Waals surface area contributed by atoms with Gasteiger partial charge in [0, 0.05) is 28.0 Å². The molecule has 0 saturated carbocycles. The summed E-state index contributed by atoms with van der Waals surface area (Å²) in [6.45, 7) is 2.59. The SMILES string of the molecule is Cc1c(C(N)=O)cc(-c2ccc3ccccc3c2)n1CCc1ccc(Cl)cc1Cl. The maximum atomic E-state index is 12.0. The van der Waals surface area contributed by atoms with E-state index in [9.17, 15) is 4.79 Å². The second-order valence-electron chi connectivity index (χ2n) is 7.09. The summed E-state index contributed by atoms with van der Waals surface area (Å²) >= 11 is 12.4. The Morgan fingerprint density at radius 1 is 0.966 bits per heavy atom. The summed E-state index contributed by atoms with van der Waals surface area (Å²) in [5, 5.41) is 3.58. The summed E-state index contributed by atoms with van der Waals surface area (Å²) < 4.78 is 2.13. The molecular formula is C24H20Cl2N2O. The lowest BCUT2D eigenvalue weighted by molar-refractivity contribution is 0.0999. The fourth-order valence-electron chi connectivity index (χ4n) is 3.73. The number of fused-ring (bicyclic) bond motifs is 1. The molecule has 0 fully saturated rings. The van der Waals surface area contributed by atoms with Crippen LogP contribution < -0.4 is 5.73 Å². The highest BCUT2D eigenvalue weighted by atomic mass is 35.5. The Morgan fingerprint density at radius 2 is 1.72 bits per heavy atom. The maximum absolute atomic E-state index is 12.0. The van der Waals surface area contributed by atoms with Gasteiger partial charge in [0.25, 0.3) is 5.91 Å². The van der Waals surface area contributed by atoms with E-state index in [1.165, 1.54) is 5.39 Å². The molecule has 0 spiro atoms. The lowest BCUT2D eigenvalue weighted by atomic mass is 10.0. The van der Waals surface area contributed by atoms with Crippen LogP contribution in [0.4, 0.5) is 0 Å². The van der Waals surface area contributed by atoms with Gasteiger partial charge in [0.1, 0.15) is 0 Å². The van der Waals surface area contributed by atoms with Gasteiger partial charge >= 0.3 is 0 Å². The number of carbonyl (C=O) groups excluding carboxylic acids is 1. The van der Waals surface area contributed by atoms with Gasteiger partial charge in [-0.15, -0.1) is 0 Å². The Bertz CT molecular complexity index is 1230. The summed E-state index contributed by atoms with van der Waals surface area (Å²) in [5.41, 5.74) is 10.0. The number of primary amides is 1. The van der Waals surface area contributed by atoms with Crippen molar-refractivity contribution in [3.8, 4) is 11.3 Å². The molecule has 1 amide bonds. The molecule has 5 heteroatoms. The Balaban J connectivity index is 1.76. The van der Waals surface area contributed by atoms with Crippen molar-refractivity contribution in [2.75, 3.05) is 0 Å². The minimum Gasteiger partial charge on any atom is -0.366 e. The number of carbonyl (C=O) groups is 1. The van der Waals surface area contributed by atoms with E-state index in [4.69, 9.17) is 28.9 Å². The van der Waals surface area contributed by atoms with E-state index in [0.717, 1.165) is 27.9 Å². The first kappa shape index (κ1) is 19.6. The van der Waals surface area contributed by atoms with Gasteiger partial charge in [-0.2, -0.15) is 0 Å². The van der Waals surface area contributed by atoms with E-state index < -0.39 is 5.91 Å². The van der Waals surface area contributed by atoms with E-state index in [2.05, 4.69) is 34.9 Å². The first-order chi connectivity index (χ1) is 13.9. The molecule has 0 unspecified atom stereocenters. The van der Waals surface area contributed by atoms with Crippen molar-refractivity contribution in [1.29, 1.82) is 0 Å². The van der Waals surface area contributed by atoms with Crippen molar-refractivity contribution in [3.05, 3.63) is 93.6 Å². The number of nitrogens with zero attached hydrogens (tertiary/aromatic N) is 1. The number of amides is 1. The van der Waals surface area contributed by atoms with E-state index in [1.807, 2.05) is 37.3 Å². The summed E-state index contributed by atoms with van der Waals surface area (Å²) in [5.74, 6) is -0.423. The third kappa shape index (κ3) is 3.89. The van der Waals surface area contributed by atoms with Crippen LogP contribution in [0, 0.1) is 6.92 Å². The number of aromatic nitrogens is 1. The van der Waals surface area contributed by atoms with Gasteiger partial charge in [-0.3, -0.25) is 4.79 Å². The molecule has 0 bridgehead atoms. The highest BCUT2D eigenvalue weighted by Gasteiger charge is 2.17. The smallest absolute Gasteiger partial charge is 0.250 e. The number of hydrogen-bond acceptors (Lipinski definition) is 1. The topological polar surface area (TPSA) is 48.0 Å². The molecule has 2 N–H and O–H groups in total. The first-order valence-electron chi connectivity index (χ1n) is 9.37. The van der Waals surface area contributed by atoms with Crippen LogP contribution >= 0.6 is 23.2 Å². The molecule has 0 atom stereocenters. The Kier molecular flexibility index (Phi) is 5.35. The number of nitrogens with two attached hydrogens (primary N) is 1. The van der Waals surface area contributed by atoms with Crippen LogP contribution in [0.5, 0.6) is 0 Å². The first-order valence-corrected chi connectivity index (χ1v) is 10.1. The number of hydrogen-bond donors (Lipinski definition) is 1. The largest absolute Gasteiger partial charge is 0.366 e. The normalized spacial score (nSPS) is 11.1. The van der Waals surface area contributed by atoms with Gasteiger partial charge in [-0.25, -0.2) is 0 Å². The monoisotopic (exact) mass is 422 g/mol. The quantitative estimate of drug-likeness (QED) is 0.404. The molecule has 0 aliphatic carbocycles. The molecule has 0 aliphatic rings. The van der Waals surface area contributed by atoms with Gasteiger partial charge in [0.15, 0.2) is 0 Å². The van der Waals surface area contributed by atoms with E-state index in [0.29, 0.717) is 28.6 Å². The van der Waals surface area contributed by atoms with Crippen molar-refractivity contribution in [1.82, 2.24) is 4.57 Å². The van der Waals surface area contributed by atoms with Crippen molar-refractivity contribution < 1.29 is 4.79 Å². The molecule has 0 aliphatic heterocycles. The predicted octanol–water partition coefficient (Wildman–Crippen LogP) is 6.27. The zero-order valence-electron chi connectivity index (χ0n) is 16.0. The van der Waals surface area contributed by atoms with Gasteiger partial charge in [-0.1, -0.05) is 65.7 Å². The molecule has 1 heterocycles. The zero-order valence-corrected chi connectivity index (χ0v) is 17.5. The molecule has 4 aromatic rings. The molecule has 4 rings (SSSR count). The third-order valence-electron chi connectivity index (χ3n) is 5.30. The second-order valence-corrected chi connectivity index (χ2v) is 7.94. The van der Waals surface area contributed by atoms with Crippen LogP contribution in [0.2, 0.25) is 10.0 Å². The van der Waals surface area contributed by atoms with E-state index in [-0.39, 0.29) is 0 Å². The third-order valence-corrected chi connectivity index (χ3v) is 5.88. The average molecular weight is 423 g/mol. The average Bonchev–Trinajstić information content (AvgIpc) is 3.03. The Labute approximate surface area is 179 Å². The van der Waals surface area contributed by atoms with E-state index >= 15 is 0 Å². The van der Waals surface area contributed by atoms with Crippen molar-refractivity contribution in [2.24, 2.45) is 5.73 Å². The molecule has 0 radical (unpaired) electrons. The highest BCUT2D eigenvalue weighted by molar-refractivity contribution is 6.35. The summed E-state index contributed by atoms with van der Waals surface area (Å²) in [6.07, 6.45) is 0.713. The molecule has 0 saturated heterocycles. The lowest BCUT2D eigenvalue weighted by Gasteiger charge is -2.14. The van der Waals surface area contributed by atoms with Gasteiger partial charge < -0.3 is 10.3 Å². The molecular weight excluding hydrogens is 403 g/mol. The van der Waals surface area contributed by atoms with Gasteiger partial charge in [0.2, 0.25) is 0 Å². The summed E-state index contributed by atoms with van der Waals surface area (Å²) in [7, 11) is 0. The van der Waals surface area contributed by atoms with Crippen LogP contribution in [0.1, 0.15) is 21.6 Å². The van der Waals surface area contributed by atoms with Crippen LogP contribution in [0.3, 0.4) is 0 Å². The lowest BCUT2D eigenvalue weighted by Crippen LogP contribution is -2.13. The summed E-state index contributed by atoms with van der Waals surface area (Å²) in [4.78, 5) is 12.0. The van der Waals surface area contributed by atoms with Crippen LogP contribution in [0.25, 0.3) is 22.0 Å². The number of rotatable bonds is 5. The van der Waals surface area contributed by atoms with Crippen molar-refractivity contribution in [2.45, 2.75) is 19.9 Å². The summed E-state index contributed by atoms with van der Waals surface area (Å²) in [6, 6.07) is 21.9. The zero-order chi connectivity index (χ0) is 20.5. The van der Waals surface area contributed by atoms with Crippen LogP contribution in [-0.2, 0) is 13.0 Å². The number of aryl methyl sites for hydroxylation is 1. The van der Waals surface area contributed by atoms with Crippen molar-refractivity contribution in [3.63, 3.8) is 0 Å². The molecule has 3 nitrogen and oxygen atoms in total. The number of halogens is 2. The fourth-order valence-corrected chi connectivity index (χ4v) is 4.23. The highest BCUT2D eigenvalue weighted by Crippen LogP contribution is 2.30. The minimum absolute atomic E-state index is 0.423. The standard InChI is InChI=1S/C24H20Cl2N2O/c1-15-21(24(27)29)14-23(19-7-6-16-4-2-3-5-18(16)12-19)28(15)11-10-17-8-9-20(25)13-22(17)26/h2-9,12-14H,10-11H2,1H3,(H2,27,29). The molecule has 3 aromatic carbocycles.